The molecular formula is C17H16Cl2O. The Morgan fingerprint density at radius 1 is 1.05 bits per heavy atom. The third-order valence-corrected chi connectivity index (χ3v) is 4.00. The summed E-state index contributed by atoms with van der Waals surface area (Å²) >= 11 is 12.1. The number of ketones is 1. The van der Waals surface area contributed by atoms with Crippen molar-refractivity contribution >= 4 is 29.0 Å². The number of halogens is 2. The monoisotopic (exact) mass is 306 g/mol. The fourth-order valence-electron chi connectivity index (χ4n) is 2.21. The summed E-state index contributed by atoms with van der Waals surface area (Å²) in [6.07, 6.45) is 1.11. The normalized spacial score (nSPS) is 10.6. The van der Waals surface area contributed by atoms with Gasteiger partial charge in [0.25, 0.3) is 0 Å². The molecule has 3 heteroatoms. The van der Waals surface area contributed by atoms with Crippen LogP contribution in [-0.4, -0.2) is 5.78 Å². The lowest BCUT2D eigenvalue weighted by Crippen LogP contribution is -2.04. The lowest BCUT2D eigenvalue weighted by molar-refractivity contribution is 0.0983. The minimum absolute atomic E-state index is 0.0125. The number of carbonyl (C=O) groups excluding carboxylic acids is 1. The third kappa shape index (κ3) is 3.41. The first-order valence-corrected chi connectivity index (χ1v) is 7.28. The number of Topliss-reactive ketones (excluding diaryl/α,β-unsaturated/α-hetero) is 1. The fraction of sp³-hybridized carbons (Fsp3) is 0.235. The predicted molar refractivity (Wildman–Crippen MR) is 85.0 cm³/mol. The van der Waals surface area contributed by atoms with Gasteiger partial charge in [0.1, 0.15) is 0 Å². The minimum Gasteiger partial charge on any atom is -0.294 e. The highest BCUT2D eigenvalue weighted by atomic mass is 35.5. The molecule has 20 heavy (non-hydrogen) atoms. The molecule has 0 aliphatic rings. The van der Waals surface area contributed by atoms with Crippen LogP contribution >= 0.6 is 23.2 Å². The maximum atomic E-state index is 12.3. The molecule has 0 unspecified atom stereocenters. The Bertz CT molecular complexity index is 627. The molecule has 104 valence electrons. The van der Waals surface area contributed by atoms with Crippen molar-refractivity contribution < 1.29 is 4.79 Å². The molecule has 0 N–H and O–H groups in total. The standard InChI is InChI=1S/C17H16Cl2O/c1-11-6-7-12(2)13(10-11)8-9-16(20)17-14(18)4-3-5-15(17)19/h3-7,10H,8-9H2,1-2H3. The number of carbonyl (C=O) groups is 1. The first-order valence-electron chi connectivity index (χ1n) is 6.52. The van der Waals surface area contributed by atoms with E-state index in [9.17, 15) is 4.79 Å². The zero-order valence-electron chi connectivity index (χ0n) is 11.5. The van der Waals surface area contributed by atoms with Crippen LogP contribution in [-0.2, 0) is 6.42 Å². The molecule has 2 aromatic rings. The second-order valence-corrected chi connectivity index (χ2v) is 5.76. The molecule has 0 aromatic heterocycles. The lowest BCUT2D eigenvalue weighted by Gasteiger charge is -2.08. The Labute approximate surface area is 129 Å². The van der Waals surface area contributed by atoms with Crippen molar-refractivity contribution in [1.82, 2.24) is 0 Å². The molecule has 0 fully saturated rings. The Hall–Kier alpha value is -1.31. The Morgan fingerprint density at radius 3 is 2.35 bits per heavy atom. The quantitative estimate of drug-likeness (QED) is 0.689. The van der Waals surface area contributed by atoms with E-state index in [0.29, 0.717) is 28.5 Å². The minimum atomic E-state index is -0.0125. The molecule has 0 spiro atoms. The molecule has 0 saturated carbocycles. The molecule has 1 nitrogen and oxygen atoms in total. The Balaban J connectivity index is 2.15. The average Bonchev–Trinajstić information content (AvgIpc) is 2.39. The molecule has 0 saturated heterocycles. The highest BCUT2D eigenvalue weighted by Crippen LogP contribution is 2.26. The van der Waals surface area contributed by atoms with Crippen LogP contribution < -0.4 is 0 Å². The van der Waals surface area contributed by atoms with Crippen molar-refractivity contribution in [2.24, 2.45) is 0 Å². The first-order chi connectivity index (χ1) is 9.49. The van der Waals surface area contributed by atoms with Crippen LogP contribution in [0.3, 0.4) is 0 Å². The van der Waals surface area contributed by atoms with Crippen LogP contribution in [0, 0.1) is 13.8 Å². The maximum Gasteiger partial charge on any atom is 0.166 e. The van der Waals surface area contributed by atoms with Crippen molar-refractivity contribution in [3.8, 4) is 0 Å². The Morgan fingerprint density at radius 2 is 1.70 bits per heavy atom. The van der Waals surface area contributed by atoms with Crippen molar-refractivity contribution in [2.45, 2.75) is 26.7 Å². The van der Waals surface area contributed by atoms with Gasteiger partial charge in [-0.05, 0) is 43.5 Å². The lowest BCUT2D eigenvalue weighted by atomic mass is 9.98. The van der Waals surface area contributed by atoms with Crippen LogP contribution in [0.2, 0.25) is 10.0 Å². The smallest absolute Gasteiger partial charge is 0.166 e. The fourth-order valence-corrected chi connectivity index (χ4v) is 2.82. The number of hydrogen-bond donors (Lipinski definition) is 0. The molecule has 0 aliphatic heterocycles. The second-order valence-electron chi connectivity index (χ2n) is 4.95. The first kappa shape index (κ1) is 15.1. The molecule has 0 bridgehead atoms. The van der Waals surface area contributed by atoms with Crippen molar-refractivity contribution in [2.75, 3.05) is 0 Å². The summed E-state index contributed by atoms with van der Waals surface area (Å²) in [5.41, 5.74) is 4.03. The van der Waals surface area contributed by atoms with Gasteiger partial charge in [0.05, 0.1) is 15.6 Å². The van der Waals surface area contributed by atoms with Crippen LogP contribution in [0.4, 0.5) is 0 Å². The summed E-state index contributed by atoms with van der Waals surface area (Å²) in [7, 11) is 0. The number of aryl methyl sites for hydroxylation is 3. The van der Waals surface area contributed by atoms with E-state index in [2.05, 4.69) is 32.0 Å². The van der Waals surface area contributed by atoms with Gasteiger partial charge in [0.15, 0.2) is 5.78 Å². The molecule has 0 amide bonds. The van der Waals surface area contributed by atoms with Gasteiger partial charge in [-0.25, -0.2) is 0 Å². The molecular weight excluding hydrogens is 291 g/mol. The molecule has 2 aromatic carbocycles. The van der Waals surface area contributed by atoms with Crippen LogP contribution in [0.5, 0.6) is 0 Å². The van der Waals surface area contributed by atoms with Crippen LogP contribution in [0.25, 0.3) is 0 Å². The van der Waals surface area contributed by atoms with E-state index < -0.39 is 0 Å². The summed E-state index contributed by atoms with van der Waals surface area (Å²) in [4.78, 5) is 12.3. The summed E-state index contributed by atoms with van der Waals surface area (Å²) in [5.74, 6) is -0.0125. The number of hydrogen-bond acceptors (Lipinski definition) is 1. The van der Waals surface area contributed by atoms with Gasteiger partial charge < -0.3 is 0 Å². The van der Waals surface area contributed by atoms with E-state index in [-0.39, 0.29) is 5.78 Å². The van der Waals surface area contributed by atoms with E-state index in [4.69, 9.17) is 23.2 Å². The van der Waals surface area contributed by atoms with E-state index in [0.717, 1.165) is 0 Å². The molecule has 0 atom stereocenters. The van der Waals surface area contributed by atoms with E-state index >= 15 is 0 Å². The highest BCUT2D eigenvalue weighted by molar-refractivity contribution is 6.39. The number of rotatable bonds is 4. The van der Waals surface area contributed by atoms with Gasteiger partial charge in [-0.1, -0.05) is 53.0 Å². The van der Waals surface area contributed by atoms with Gasteiger partial charge >= 0.3 is 0 Å². The summed E-state index contributed by atoms with van der Waals surface area (Å²) < 4.78 is 0. The zero-order chi connectivity index (χ0) is 14.7. The van der Waals surface area contributed by atoms with Gasteiger partial charge in [-0.15, -0.1) is 0 Å². The largest absolute Gasteiger partial charge is 0.294 e. The van der Waals surface area contributed by atoms with Crippen molar-refractivity contribution in [3.05, 3.63) is 68.7 Å². The summed E-state index contributed by atoms with van der Waals surface area (Å²) in [6.45, 7) is 4.11. The van der Waals surface area contributed by atoms with Crippen LogP contribution in [0.1, 0.15) is 33.5 Å². The van der Waals surface area contributed by atoms with Crippen LogP contribution in [0.15, 0.2) is 36.4 Å². The molecule has 2 rings (SSSR count). The van der Waals surface area contributed by atoms with Gasteiger partial charge in [-0.3, -0.25) is 4.79 Å². The van der Waals surface area contributed by atoms with Crippen molar-refractivity contribution in [1.29, 1.82) is 0 Å². The topological polar surface area (TPSA) is 17.1 Å². The molecule has 0 radical (unpaired) electrons. The zero-order valence-corrected chi connectivity index (χ0v) is 13.1. The average molecular weight is 307 g/mol. The van der Waals surface area contributed by atoms with Gasteiger partial charge in [-0.2, -0.15) is 0 Å². The van der Waals surface area contributed by atoms with Gasteiger partial charge in [0.2, 0.25) is 0 Å². The SMILES string of the molecule is Cc1ccc(C)c(CCC(=O)c2c(Cl)cccc2Cl)c1. The maximum absolute atomic E-state index is 12.3. The highest BCUT2D eigenvalue weighted by Gasteiger charge is 2.14. The molecule has 0 heterocycles. The third-order valence-electron chi connectivity index (χ3n) is 3.37. The molecule has 0 aliphatic carbocycles. The summed E-state index contributed by atoms with van der Waals surface area (Å²) in [6, 6.07) is 11.4. The predicted octanol–water partition coefficient (Wildman–Crippen LogP) is 5.43. The number of benzene rings is 2. The Kier molecular flexibility index (Phi) is 4.85. The van der Waals surface area contributed by atoms with E-state index in [1.54, 1.807) is 18.2 Å². The van der Waals surface area contributed by atoms with Gasteiger partial charge in [0, 0.05) is 6.42 Å². The summed E-state index contributed by atoms with van der Waals surface area (Å²) in [5, 5.41) is 0.840. The second kappa shape index (κ2) is 6.43. The van der Waals surface area contributed by atoms with E-state index in [1.807, 2.05) is 0 Å². The van der Waals surface area contributed by atoms with Crippen molar-refractivity contribution in [3.63, 3.8) is 0 Å². The van der Waals surface area contributed by atoms with E-state index in [1.165, 1.54) is 16.7 Å².